The third-order valence-electron chi connectivity index (χ3n) is 3.03. The summed E-state index contributed by atoms with van der Waals surface area (Å²) in [5.74, 6) is -0.795. The van der Waals surface area contributed by atoms with Crippen LogP contribution in [0.3, 0.4) is 0 Å². The van der Waals surface area contributed by atoms with E-state index in [9.17, 15) is 14.7 Å². The van der Waals surface area contributed by atoms with Crippen LogP contribution in [-0.4, -0.2) is 35.1 Å². The quantitative estimate of drug-likeness (QED) is 0.768. The molecule has 0 aliphatic carbocycles. The Morgan fingerprint density at radius 1 is 1.35 bits per heavy atom. The van der Waals surface area contributed by atoms with Crippen LogP contribution in [0.15, 0.2) is 24.3 Å². The molecule has 0 aliphatic heterocycles. The van der Waals surface area contributed by atoms with Crippen molar-refractivity contribution < 1.29 is 14.7 Å². The average molecular weight is 299 g/mol. The second-order valence-corrected chi connectivity index (χ2v) is 5.52. The van der Waals surface area contributed by atoms with Gasteiger partial charge in [0.05, 0.1) is 28.8 Å². The first-order valence-electron chi connectivity index (χ1n) is 6.26. The largest absolute Gasteiger partial charge is 0.391 e. The van der Waals surface area contributed by atoms with Crippen LogP contribution in [-0.2, 0) is 4.79 Å². The summed E-state index contributed by atoms with van der Waals surface area (Å²) in [7, 11) is 0. The molecule has 2 amide bonds. The molecule has 0 saturated carbocycles. The molecule has 0 radical (unpaired) electrons. The predicted molar refractivity (Wildman–Crippen MR) is 77.7 cm³/mol. The molecular formula is C14H19ClN2O3. The van der Waals surface area contributed by atoms with Crippen molar-refractivity contribution in [2.45, 2.75) is 32.4 Å². The summed E-state index contributed by atoms with van der Waals surface area (Å²) >= 11 is 5.89. The summed E-state index contributed by atoms with van der Waals surface area (Å²) in [6, 6.07) is 6.59. The van der Waals surface area contributed by atoms with Gasteiger partial charge in [0.2, 0.25) is 5.91 Å². The summed E-state index contributed by atoms with van der Waals surface area (Å²) in [5, 5.41) is 15.0. The van der Waals surface area contributed by atoms with Gasteiger partial charge < -0.3 is 15.7 Å². The fourth-order valence-corrected chi connectivity index (χ4v) is 1.63. The van der Waals surface area contributed by atoms with Gasteiger partial charge in [0, 0.05) is 0 Å². The van der Waals surface area contributed by atoms with E-state index in [1.807, 2.05) is 0 Å². The van der Waals surface area contributed by atoms with Crippen LogP contribution in [0.2, 0.25) is 5.02 Å². The number of carbonyl (C=O) groups is 2. The zero-order valence-electron chi connectivity index (χ0n) is 11.7. The minimum Gasteiger partial charge on any atom is -0.391 e. The lowest BCUT2D eigenvalue weighted by atomic mass is 9.99. The highest BCUT2D eigenvalue weighted by Gasteiger charge is 2.26. The number of nitrogens with one attached hydrogen (secondary N) is 2. The number of rotatable bonds is 5. The first kappa shape index (κ1) is 16.5. The van der Waals surface area contributed by atoms with E-state index in [0.717, 1.165) is 0 Å². The number of halogens is 1. The molecule has 0 aliphatic rings. The lowest BCUT2D eigenvalue weighted by Crippen LogP contribution is -2.53. The molecule has 1 aromatic rings. The number of hydrogen-bond acceptors (Lipinski definition) is 3. The Morgan fingerprint density at radius 3 is 2.50 bits per heavy atom. The number of aliphatic hydroxyl groups excluding tert-OH is 1. The fourth-order valence-electron chi connectivity index (χ4n) is 1.41. The molecule has 110 valence electrons. The molecule has 5 nitrogen and oxygen atoms in total. The predicted octanol–water partition coefficient (Wildman–Crippen LogP) is 1.35. The van der Waals surface area contributed by atoms with Crippen molar-refractivity contribution >= 4 is 23.4 Å². The molecule has 0 fully saturated rings. The Labute approximate surface area is 123 Å². The van der Waals surface area contributed by atoms with Crippen LogP contribution in [0, 0.1) is 0 Å². The van der Waals surface area contributed by atoms with Gasteiger partial charge in [0.1, 0.15) is 0 Å². The first-order chi connectivity index (χ1) is 9.24. The summed E-state index contributed by atoms with van der Waals surface area (Å²) < 4.78 is 0. The number of carbonyl (C=O) groups excluding carboxylic acids is 2. The van der Waals surface area contributed by atoms with E-state index in [0.29, 0.717) is 10.6 Å². The fraction of sp³-hybridized carbons (Fsp3) is 0.429. The normalized spacial score (nSPS) is 12.7. The van der Waals surface area contributed by atoms with Gasteiger partial charge in [0.15, 0.2) is 0 Å². The molecule has 20 heavy (non-hydrogen) atoms. The van der Waals surface area contributed by atoms with Crippen molar-refractivity contribution in [3.63, 3.8) is 0 Å². The Bertz CT molecular complexity index is 501. The van der Waals surface area contributed by atoms with Gasteiger partial charge in [-0.1, -0.05) is 23.7 Å². The molecule has 1 atom stereocenters. The van der Waals surface area contributed by atoms with E-state index in [1.54, 1.807) is 45.0 Å². The zero-order valence-corrected chi connectivity index (χ0v) is 12.5. The van der Waals surface area contributed by atoms with Crippen molar-refractivity contribution in [1.29, 1.82) is 0 Å². The molecule has 0 heterocycles. The number of amides is 2. The summed E-state index contributed by atoms with van der Waals surface area (Å²) in [6.07, 6.45) is -0.703. The van der Waals surface area contributed by atoms with Crippen LogP contribution < -0.4 is 10.6 Å². The van der Waals surface area contributed by atoms with Crippen LogP contribution >= 0.6 is 11.6 Å². The Morgan fingerprint density at radius 2 is 1.95 bits per heavy atom. The second-order valence-electron chi connectivity index (χ2n) is 5.11. The van der Waals surface area contributed by atoms with Crippen LogP contribution in [0.4, 0.5) is 0 Å². The Balaban J connectivity index is 2.54. The highest BCUT2D eigenvalue weighted by molar-refractivity contribution is 6.33. The number of benzene rings is 1. The lowest BCUT2D eigenvalue weighted by molar-refractivity contribution is -0.123. The Kier molecular flexibility index (Phi) is 5.53. The van der Waals surface area contributed by atoms with E-state index in [1.165, 1.54) is 0 Å². The van der Waals surface area contributed by atoms with Crippen molar-refractivity contribution in [3.05, 3.63) is 34.9 Å². The van der Waals surface area contributed by atoms with E-state index >= 15 is 0 Å². The highest BCUT2D eigenvalue weighted by Crippen LogP contribution is 2.14. The third-order valence-corrected chi connectivity index (χ3v) is 3.36. The van der Waals surface area contributed by atoms with Crippen molar-refractivity contribution in [1.82, 2.24) is 10.6 Å². The van der Waals surface area contributed by atoms with Gasteiger partial charge in [-0.15, -0.1) is 0 Å². The monoisotopic (exact) mass is 298 g/mol. The van der Waals surface area contributed by atoms with Crippen molar-refractivity contribution in [2.75, 3.05) is 6.54 Å². The smallest absolute Gasteiger partial charge is 0.253 e. The molecule has 3 N–H and O–H groups in total. The van der Waals surface area contributed by atoms with Gasteiger partial charge >= 0.3 is 0 Å². The van der Waals surface area contributed by atoms with Crippen LogP contribution in [0.5, 0.6) is 0 Å². The van der Waals surface area contributed by atoms with E-state index in [4.69, 9.17) is 11.6 Å². The molecular weight excluding hydrogens is 280 g/mol. The third kappa shape index (κ3) is 4.51. The molecule has 1 aromatic carbocycles. The van der Waals surface area contributed by atoms with Crippen molar-refractivity contribution in [3.8, 4) is 0 Å². The standard InChI is InChI=1S/C14H19ClN2O3/c1-9(18)14(2,3)17-12(19)8-16-13(20)10-6-4-5-7-11(10)15/h4-7,9,18H,8H2,1-3H3,(H,16,20)(H,17,19). The van der Waals surface area contributed by atoms with Gasteiger partial charge in [-0.3, -0.25) is 9.59 Å². The molecule has 0 spiro atoms. The molecule has 0 bridgehead atoms. The van der Waals surface area contributed by atoms with E-state index < -0.39 is 17.6 Å². The summed E-state index contributed by atoms with van der Waals surface area (Å²) in [4.78, 5) is 23.6. The van der Waals surface area contributed by atoms with Gasteiger partial charge in [-0.25, -0.2) is 0 Å². The maximum atomic E-state index is 11.8. The molecule has 0 saturated heterocycles. The number of hydrogen-bond donors (Lipinski definition) is 3. The molecule has 6 heteroatoms. The molecule has 1 rings (SSSR count). The van der Waals surface area contributed by atoms with Crippen LogP contribution in [0.25, 0.3) is 0 Å². The van der Waals surface area contributed by atoms with Gasteiger partial charge in [0.25, 0.3) is 5.91 Å². The van der Waals surface area contributed by atoms with E-state index in [-0.39, 0.29) is 12.5 Å². The van der Waals surface area contributed by atoms with Crippen LogP contribution in [0.1, 0.15) is 31.1 Å². The topological polar surface area (TPSA) is 78.4 Å². The van der Waals surface area contributed by atoms with E-state index in [2.05, 4.69) is 10.6 Å². The second kappa shape index (κ2) is 6.72. The maximum Gasteiger partial charge on any atom is 0.253 e. The Hall–Kier alpha value is -1.59. The first-order valence-corrected chi connectivity index (χ1v) is 6.63. The number of aliphatic hydroxyl groups is 1. The zero-order chi connectivity index (χ0) is 15.3. The minimum atomic E-state index is -0.758. The maximum absolute atomic E-state index is 11.8. The SMILES string of the molecule is CC(O)C(C)(C)NC(=O)CNC(=O)c1ccccc1Cl. The molecule has 1 unspecified atom stereocenters. The lowest BCUT2D eigenvalue weighted by Gasteiger charge is -2.29. The highest BCUT2D eigenvalue weighted by atomic mass is 35.5. The molecule has 0 aromatic heterocycles. The summed E-state index contributed by atoms with van der Waals surface area (Å²) in [5.41, 5.74) is -0.441. The van der Waals surface area contributed by atoms with Gasteiger partial charge in [-0.2, -0.15) is 0 Å². The summed E-state index contributed by atoms with van der Waals surface area (Å²) in [6.45, 7) is 4.81. The van der Waals surface area contributed by atoms with Gasteiger partial charge in [-0.05, 0) is 32.9 Å². The average Bonchev–Trinajstić information content (AvgIpc) is 2.35. The minimum absolute atomic E-state index is 0.180. The van der Waals surface area contributed by atoms with Crippen molar-refractivity contribution in [2.24, 2.45) is 0 Å².